The molecule has 0 atom stereocenters. The Morgan fingerprint density at radius 2 is 1.85 bits per heavy atom. The first kappa shape index (κ1) is 19.1. The fourth-order valence-electron chi connectivity index (χ4n) is 3.28. The van der Waals surface area contributed by atoms with Crippen LogP contribution in [0.15, 0.2) is 40.9 Å². The normalized spacial score (nSPS) is 15.0. The zero-order chi connectivity index (χ0) is 19.2. The van der Waals surface area contributed by atoms with Crippen molar-refractivity contribution in [2.75, 3.05) is 37.6 Å². The topological polar surface area (TPSA) is 69.9 Å². The number of piperazine rings is 1. The number of nitrogens with zero attached hydrogens (tertiary/aromatic N) is 4. The lowest BCUT2D eigenvalue weighted by Gasteiger charge is -2.35. The first-order valence-electron chi connectivity index (χ1n) is 9.28. The van der Waals surface area contributed by atoms with Gasteiger partial charge in [-0.1, -0.05) is 35.5 Å². The molecule has 0 radical (unpaired) electrons. The van der Waals surface area contributed by atoms with Crippen LogP contribution in [0.2, 0.25) is 0 Å². The van der Waals surface area contributed by atoms with Gasteiger partial charge in [0, 0.05) is 58.7 Å². The summed E-state index contributed by atoms with van der Waals surface area (Å²) in [5.74, 6) is 1.02. The van der Waals surface area contributed by atoms with Crippen LogP contribution in [0.25, 0.3) is 0 Å². The molecule has 1 aromatic heterocycles. The summed E-state index contributed by atoms with van der Waals surface area (Å²) in [6, 6.07) is 12.1. The second-order valence-electron chi connectivity index (χ2n) is 6.86. The van der Waals surface area contributed by atoms with E-state index in [-0.39, 0.29) is 18.2 Å². The summed E-state index contributed by atoms with van der Waals surface area (Å²) in [5, 5.41) is 3.88. The van der Waals surface area contributed by atoms with E-state index in [0.29, 0.717) is 18.1 Å². The van der Waals surface area contributed by atoms with E-state index in [1.807, 2.05) is 23.1 Å². The van der Waals surface area contributed by atoms with Gasteiger partial charge in [0.05, 0.1) is 0 Å². The van der Waals surface area contributed by atoms with Crippen LogP contribution in [0.4, 0.5) is 5.82 Å². The molecule has 0 aliphatic carbocycles. The second-order valence-corrected chi connectivity index (χ2v) is 6.86. The van der Waals surface area contributed by atoms with Gasteiger partial charge in [-0.15, -0.1) is 0 Å². The molecule has 2 amide bonds. The Balaban J connectivity index is 1.47. The SMILES string of the molecule is CC(=O)N(CCC(=O)N1CCN(Cc2ccccc2)CC1)c1cc(C)on1. The van der Waals surface area contributed by atoms with Gasteiger partial charge in [-0.2, -0.15) is 0 Å². The Labute approximate surface area is 159 Å². The van der Waals surface area contributed by atoms with E-state index in [1.165, 1.54) is 17.4 Å². The lowest BCUT2D eigenvalue weighted by molar-refractivity contribution is -0.132. The summed E-state index contributed by atoms with van der Waals surface area (Å²) in [6.45, 7) is 7.62. The van der Waals surface area contributed by atoms with Gasteiger partial charge >= 0.3 is 0 Å². The summed E-state index contributed by atoms with van der Waals surface area (Å²) in [5.41, 5.74) is 1.29. The number of hydrogen-bond acceptors (Lipinski definition) is 5. The van der Waals surface area contributed by atoms with Crippen molar-refractivity contribution in [1.29, 1.82) is 0 Å². The first-order chi connectivity index (χ1) is 13.0. The minimum Gasteiger partial charge on any atom is -0.360 e. The van der Waals surface area contributed by atoms with E-state index in [1.54, 1.807) is 13.0 Å². The largest absolute Gasteiger partial charge is 0.360 e. The summed E-state index contributed by atoms with van der Waals surface area (Å²) >= 11 is 0. The molecular weight excluding hydrogens is 344 g/mol. The van der Waals surface area contributed by atoms with Gasteiger partial charge in [-0.25, -0.2) is 0 Å². The van der Waals surface area contributed by atoms with E-state index in [0.717, 1.165) is 32.7 Å². The molecule has 1 aliphatic rings. The second kappa shape index (κ2) is 8.81. The summed E-state index contributed by atoms with van der Waals surface area (Å²) < 4.78 is 5.03. The molecule has 0 N–H and O–H groups in total. The molecule has 1 fully saturated rings. The molecule has 0 spiro atoms. The van der Waals surface area contributed by atoms with Crippen molar-refractivity contribution in [3.63, 3.8) is 0 Å². The third-order valence-electron chi connectivity index (χ3n) is 4.80. The molecule has 7 nitrogen and oxygen atoms in total. The van der Waals surface area contributed by atoms with Crippen molar-refractivity contribution in [2.24, 2.45) is 0 Å². The number of aryl methyl sites for hydroxylation is 1. The van der Waals surface area contributed by atoms with E-state index in [2.05, 4.69) is 22.2 Å². The lowest BCUT2D eigenvalue weighted by Crippen LogP contribution is -2.49. The number of carbonyl (C=O) groups is 2. The van der Waals surface area contributed by atoms with Crippen LogP contribution < -0.4 is 4.90 Å². The highest BCUT2D eigenvalue weighted by atomic mass is 16.5. The van der Waals surface area contributed by atoms with E-state index in [9.17, 15) is 9.59 Å². The van der Waals surface area contributed by atoms with Crippen LogP contribution in [0, 0.1) is 6.92 Å². The molecule has 2 aromatic rings. The average Bonchev–Trinajstić information content (AvgIpc) is 3.09. The quantitative estimate of drug-likeness (QED) is 0.779. The number of carbonyl (C=O) groups excluding carboxylic acids is 2. The fourth-order valence-corrected chi connectivity index (χ4v) is 3.28. The monoisotopic (exact) mass is 370 g/mol. The molecule has 3 rings (SSSR count). The van der Waals surface area contributed by atoms with Gasteiger partial charge in [-0.05, 0) is 12.5 Å². The molecule has 7 heteroatoms. The van der Waals surface area contributed by atoms with E-state index < -0.39 is 0 Å². The Morgan fingerprint density at radius 3 is 2.44 bits per heavy atom. The molecule has 144 valence electrons. The highest BCUT2D eigenvalue weighted by Gasteiger charge is 2.23. The average molecular weight is 370 g/mol. The summed E-state index contributed by atoms with van der Waals surface area (Å²) in [6.07, 6.45) is 0.282. The zero-order valence-electron chi connectivity index (χ0n) is 15.9. The fraction of sp³-hybridized carbons (Fsp3) is 0.450. The lowest BCUT2D eigenvalue weighted by atomic mass is 10.2. The van der Waals surface area contributed by atoms with Crippen LogP contribution in [0.1, 0.15) is 24.7 Å². The molecule has 27 heavy (non-hydrogen) atoms. The number of anilines is 1. The van der Waals surface area contributed by atoms with Crippen LogP contribution in [0.5, 0.6) is 0 Å². The van der Waals surface area contributed by atoms with Crippen molar-refractivity contribution < 1.29 is 14.1 Å². The first-order valence-corrected chi connectivity index (χ1v) is 9.28. The summed E-state index contributed by atoms with van der Waals surface area (Å²) in [4.78, 5) is 30.2. The van der Waals surface area contributed by atoms with Crippen molar-refractivity contribution in [1.82, 2.24) is 15.0 Å². The van der Waals surface area contributed by atoms with Crippen LogP contribution in [-0.4, -0.2) is 59.5 Å². The minimum atomic E-state index is -0.149. The number of amides is 2. The van der Waals surface area contributed by atoms with Crippen molar-refractivity contribution in [2.45, 2.75) is 26.8 Å². The zero-order valence-corrected chi connectivity index (χ0v) is 15.9. The maximum Gasteiger partial charge on any atom is 0.225 e. The molecule has 2 heterocycles. The Morgan fingerprint density at radius 1 is 1.15 bits per heavy atom. The number of benzene rings is 1. The predicted molar refractivity (Wildman–Crippen MR) is 102 cm³/mol. The number of aromatic nitrogens is 1. The van der Waals surface area contributed by atoms with Gasteiger partial charge in [-0.3, -0.25) is 19.4 Å². The standard InChI is InChI=1S/C20H26N4O3/c1-16-14-19(21-27-16)24(17(2)25)9-8-20(26)23-12-10-22(11-13-23)15-18-6-4-3-5-7-18/h3-7,14H,8-13,15H2,1-2H3. The highest BCUT2D eigenvalue weighted by Crippen LogP contribution is 2.15. The maximum absolute atomic E-state index is 12.6. The van der Waals surface area contributed by atoms with Crippen molar-refractivity contribution in [3.8, 4) is 0 Å². The molecule has 0 bridgehead atoms. The van der Waals surface area contributed by atoms with Gasteiger partial charge in [0.2, 0.25) is 11.8 Å². The van der Waals surface area contributed by atoms with Crippen LogP contribution >= 0.6 is 0 Å². The molecule has 0 saturated carbocycles. The third-order valence-corrected chi connectivity index (χ3v) is 4.80. The van der Waals surface area contributed by atoms with Crippen molar-refractivity contribution in [3.05, 3.63) is 47.7 Å². The molecule has 1 aromatic carbocycles. The highest BCUT2D eigenvalue weighted by molar-refractivity contribution is 5.91. The minimum absolute atomic E-state index is 0.0702. The molecule has 0 unspecified atom stereocenters. The molecule has 1 saturated heterocycles. The maximum atomic E-state index is 12.6. The predicted octanol–water partition coefficient (Wildman–Crippen LogP) is 2.07. The van der Waals surface area contributed by atoms with Gasteiger partial charge in [0.1, 0.15) is 5.76 Å². The van der Waals surface area contributed by atoms with Gasteiger partial charge in [0.15, 0.2) is 5.82 Å². The third kappa shape index (κ3) is 5.17. The van der Waals surface area contributed by atoms with Gasteiger partial charge < -0.3 is 9.42 Å². The Hall–Kier alpha value is -2.67. The number of hydrogen-bond donors (Lipinski definition) is 0. The van der Waals surface area contributed by atoms with Crippen LogP contribution in [0.3, 0.4) is 0 Å². The van der Waals surface area contributed by atoms with Crippen molar-refractivity contribution >= 4 is 17.6 Å². The molecule has 1 aliphatic heterocycles. The van der Waals surface area contributed by atoms with E-state index in [4.69, 9.17) is 4.52 Å². The smallest absolute Gasteiger partial charge is 0.225 e. The van der Waals surface area contributed by atoms with Gasteiger partial charge in [0.25, 0.3) is 0 Å². The summed E-state index contributed by atoms with van der Waals surface area (Å²) in [7, 11) is 0. The molecular formula is C20H26N4O3. The Bertz CT molecular complexity index is 767. The van der Waals surface area contributed by atoms with Crippen LogP contribution in [-0.2, 0) is 16.1 Å². The Kier molecular flexibility index (Phi) is 6.24. The number of rotatable bonds is 6. The van der Waals surface area contributed by atoms with E-state index >= 15 is 0 Å².